The molecule has 120 valence electrons. The molecular formula is C16H21ClFN3O. The Labute approximate surface area is 135 Å². The number of benzene rings is 1. The van der Waals surface area contributed by atoms with E-state index in [1.807, 2.05) is 0 Å². The minimum atomic E-state index is -0.214. The minimum Gasteiger partial charge on any atom is -0.339 e. The van der Waals surface area contributed by atoms with Crippen molar-refractivity contribution in [3.63, 3.8) is 0 Å². The molecule has 0 atom stereocenters. The van der Waals surface area contributed by atoms with E-state index < -0.39 is 0 Å². The van der Waals surface area contributed by atoms with Crippen LogP contribution in [-0.2, 0) is 6.42 Å². The highest BCUT2D eigenvalue weighted by Crippen LogP contribution is 2.21. The average molecular weight is 326 g/mol. The molecule has 22 heavy (non-hydrogen) atoms. The summed E-state index contributed by atoms with van der Waals surface area (Å²) < 4.78 is 18.6. The highest BCUT2D eigenvalue weighted by molar-refractivity contribution is 5.85. The van der Waals surface area contributed by atoms with E-state index in [1.54, 1.807) is 19.1 Å². The van der Waals surface area contributed by atoms with Crippen molar-refractivity contribution in [3.8, 4) is 11.4 Å². The quantitative estimate of drug-likeness (QED) is 0.934. The van der Waals surface area contributed by atoms with Gasteiger partial charge in [0.25, 0.3) is 0 Å². The molecule has 0 spiro atoms. The number of nitrogens with zero attached hydrogens (tertiary/aromatic N) is 2. The lowest BCUT2D eigenvalue weighted by Gasteiger charge is -2.21. The van der Waals surface area contributed by atoms with Crippen LogP contribution in [-0.4, -0.2) is 23.2 Å². The summed E-state index contributed by atoms with van der Waals surface area (Å²) in [6.45, 7) is 3.94. The van der Waals surface area contributed by atoms with Gasteiger partial charge < -0.3 is 9.84 Å². The second-order valence-corrected chi connectivity index (χ2v) is 5.71. The van der Waals surface area contributed by atoms with E-state index in [9.17, 15) is 4.39 Å². The SMILES string of the molecule is Cc1cc(-c2noc(CCC3CCNCC3)n2)ccc1F.Cl. The molecular weight excluding hydrogens is 305 g/mol. The van der Waals surface area contributed by atoms with Crippen molar-refractivity contribution in [1.29, 1.82) is 0 Å². The summed E-state index contributed by atoms with van der Waals surface area (Å²) >= 11 is 0. The van der Waals surface area contributed by atoms with E-state index in [0.717, 1.165) is 37.4 Å². The maximum absolute atomic E-state index is 13.3. The van der Waals surface area contributed by atoms with Crippen molar-refractivity contribution >= 4 is 12.4 Å². The summed E-state index contributed by atoms with van der Waals surface area (Å²) in [6, 6.07) is 4.87. The van der Waals surface area contributed by atoms with Crippen LogP contribution >= 0.6 is 12.4 Å². The first kappa shape index (κ1) is 16.9. The van der Waals surface area contributed by atoms with Crippen LogP contribution in [0.15, 0.2) is 22.7 Å². The number of rotatable bonds is 4. The Morgan fingerprint density at radius 1 is 1.32 bits per heavy atom. The Balaban J connectivity index is 0.00000176. The van der Waals surface area contributed by atoms with Gasteiger partial charge in [0.2, 0.25) is 11.7 Å². The molecule has 0 saturated carbocycles. The first-order valence-corrected chi connectivity index (χ1v) is 7.52. The number of nitrogens with one attached hydrogen (secondary N) is 1. The number of hydrogen-bond donors (Lipinski definition) is 1. The number of hydrogen-bond acceptors (Lipinski definition) is 4. The van der Waals surface area contributed by atoms with Crippen LogP contribution < -0.4 is 5.32 Å². The lowest BCUT2D eigenvalue weighted by atomic mass is 9.93. The predicted molar refractivity (Wildman–Crippen MR) is 85.6 cm³/mol. The second kappa shape index (κ2) is 7.70. The molecule has 1 aliphatic rings. The summed E-state index contributed by atoms with van der Waals surface area (Å²) in [5, 5.41) is 7.37. The Morgan fingerprint density at radius 2 is 2.09 bits per heavy atom. The van der Waals surface area contributed by atoms with Crippen molar-refractivity contribution in [2.75, 3.05) is 13.1 Å². The topological polar surface area (TPSA) is 51.0 Å². The largest absolute Gasteiger partial charge is 0.339 e. The third-order valence-electron chi connectivity index (χ3n) is 4.11. The molecule has 1 aromatic heterocycles. The van der Waals surface area contributed by atoms with Crippen LogP contribution in [0.3, 0.4) is 0 Å². The molecule has 3 rings (SSSR count). The summed E-state index contributed by atoms with van der Waals surface area (Å²) in [5.74, 6) is 1.74. The fraction of sp³-hybridized carbons (Fsp3) is 0.500. The van der Waals surface area contributed by atoms with Gasteiger partial charge in [0, 0.05) is 12.0 Å². The lowest BCUT2D eigenvalue weighted by molar-refractivity contribution is 0.324. The smallest absolute Gasteiger partial charge is 0.226 e. The summed E-state index contributed by atoms with van der Waals surface area (Å²) in [5.41, 5.74) is 1.39. The Kier molecular flexibility index (Phi) is 5.91. The number of aryl methyl sites for hydroxylation is 2. The van der Waals surface area contributed by atoms with Gasteiger partial charge in [-0.25, -0.2) is 4.39 Å². The normalized spacial score (nSPS) is 15.5. The zero-order chi connectivity index (χ0) is 14.7. The van der Waals surface area contributed by atoms with Crippen LogP contribution in [0.5, 0.6) is 0 Å². The standard InChI is InChI=1S/C16H20FN3O.ClH/c1-11-10-13(3-4-14(11)17)16-19-15(21-20-16)5-2-12-6-8-18-9-7-12;/h3-4,10,12,18H,2,5-9H2,1H3;1H. The molecule has 1 aliphatic heterocycles. The van der Waals surface area contributed by atoms with E-state index in [-0.39, 0.29) is 18.2 Å². The maximum Gasteiger partial charge on any atom is 0.226 e. The van der Waals surface area contributed by atoms with E-state index in [4.69, 9.17) is 4.52 Å². The molecule has 1 fully saturated rings. The molecule has 1 N–H and O–H groups in total. The predicted octanol–water partition coefficient (Wildman–Crippen LogP) is 3.54. The molecule has 2 aromatic rings. The first-order valence-electron chi connectivity index (χ1n) is 7.52. The molecule has 0 radical (unpaired) electrons. The van der Waals surface area contributed by atoms with E-state index in [0.29, 0.717) is 17.3 Å². The van der Waals surface area contributed by atoms with Crippen molar-refractivity contribution in [3.05, 3.63) is 35.5 Å². The molecule has 1 saturated heterocycles. The van der Waals surface area contributed by atoms with Gasteiger partial charge >= 0.3 is 0 Å². The zero-order valence-corrected chi connectivity index (χ0v) is 13.5. The van der Waals surface area contributed by atoms with E-state index in [1.165, 1.54) is 18.9 Å². The Hall–Kier alpha value is -1.46. The third kappa shape index (κ3) is 4.05. The van der Waals surface area contributed by atoms with Crippen LogP contribution in [0, 0.1) is 18.7 Å². The number of aromatic nitrogens is 2. The van der Waals surface area contributed by atoms with Gasteiger partial charge in [0.1, 0.15) is 5.82 Å². The molecule has 0 bridgehead atoms. The van der Waals surface area contributed by atoms with Gasteiger partial charge in [-0.05, 0) is 69.0 Å². The monoisotopic (exact) mass is 325 g/mol. The number of halogens is 2. The molecule has 4 nitrogen and oxygen atoms in total. The van der Waals surface area contributed by atoms with Crippen LogP contribution in [0.25, 0.3) is 11.4 Å². The van der Waals surface area contributed by atoms with Crippen molar-refractivity contribution in [1.82, 2.24) is 15.5 Å². The Bertz CT molecular complexity index is 611. The van der Waals surface area contributed by atoms with Crippen LogP contribution in [0.2, 0.25) is 0 Å². The first-order chi connectivity index (χ1) is 10.2. The van der Waals surface area contributed by atoms with E-state index in [2.05, 4.69) is 15.5 Å². The van der Waals surface area contributed by atoms with Gasteiger partial charge in [-0.2, -0.15) is 4.98 Å². The highest BCUT2D eigenvalue weighted by atomic mass is 35.5. The molecule has 2 heterocycles. The van der Waals surface area contributed by atoms with E-state index >= 15 is 0 Å². The lowest BCUT2D eigenvalue weighted by Crippen LogP contribution is -2.27. The molecule has 0 amide bonds. The van der Waals surface area contributed by atoms with Crippen LogP contribution in [0.4, 0.5) is 4.39 Å². The average Bonchev–Trinajstić information content (AvgIpc) is 2.98. The fourth-order valence-electron chi connectivity index (χ4n) is 2.76. The van der Waals surface area contributed by atoms with Crippen LogP contribution in [0.1, 0.15) is 30.7 Å². The van der Waals surface area contributed by atoms with Gasteiger partial charge in [-0.3, -0.25) is 0 Å². The van der Waals surface area contributed by atoms with Crippen molar-refractivity contribution in [2.24, 2.45) is 5.92 Å². The van der Waals surface area contributed by atoms with Gasteiger partial charge in [0.15, 0.2) is 0 Å². The molecule has 6 heteroatoms. The zero-order valence-electron chi connectivity index (χ0n) is 12.6. The second-order valence-electron chi connectivity index (χ2n) is 5.71. The fourth-order valence-corrected chi connectivity index (χ4v) is 2.76. The molecule has 1 aromatic carbocycles. The maximum atomic E-state index is 13.3. The van der Waals surface area contributed by atoms with Crippen molar-refractivity contribution in [2.45, 2.75) is 32.6 Å². The van der Waals surface area contributed by atoms with Gasteiger partial charge in [-0.1, -0.05) is 5.16 Å². The summed E-state index contributed by atoms with van der Waals surface area (Å²) in [6.07, 6.45) is 4.35. The Morgan fingerprint density at radius 3 is 2.82 bits per heavy atom. The number of piperidine rings is 1. The summed E-state index contributed by atoms with van der Waals surface area (Å²) in [7, 11) is 0. The van der Waals surface area contributed by atoms with Gasteiger partial charge in [-0.15, -0.1) is 12.4 Å². The van der Waals surface area contributed by atoms with Crippen molar-refractivity contribution < 1.29 is 8.91 Å². The highest BCUT2D eigenvalue weighted by Gasteiger charge is 2.15. The molecule has 0 aliphatic carbocycles. The molecule has 0 unspecified atom stereocenters. The third-order valence-corrected chi connectivity index (χ3v) is 4.11. The summed E-state index contributed by atoms with van der Waals surface area (Å²) in [4.78, 5) is 4.42. The minimum absolute atomic E-state index is 0. The van der Waals surface area contributed by atoms with Gasteiger partial charge in [0.05, 0.1) is 0 Å².